The van der Waals surface area contributed by atoms with E-state index in [-0.39, 0.29) is 11.9 Å². The van der Waals surface area contributed by atoms with Gasteiger partial charge in [-0.3, -0.25) is 9.89 Å². The lowest BCUT2D eigenvalue weighted by Crippen LogP contribution is -2.30. The van der Waals surface area contributed by atoms with Crippen LogP contribution in [0.5, 0.6) is 0 Å². The van der Waals surface area contributed by atoms with Crippen LogP contribution in [0.2, 0.25) is 0 Å². The van der Waals surface area contributed by atoms with Crippen LogP contribution in [-0.4, -0.2) is 29.3 Å². The average molecular weight is 418 g/mol. The Hall–Kier alpha value is -3.34. The maximum absolute atomic E-state index is 12.5. The van der Waals surface area contributed by atoms with Gasteiger partial charge in [-0.05, 0) is 76.0 Å². The fourth-order valence-corrected chi connectivity index (χ4v) is 3.63. The lowest BCUT2D eigenvalue weighted by atomic mass is 9.95. The SMILES string of the molecule is CC=C/C(=C\c1c(C2=CCCC=C2OC)n[nH]c1C)c1cccc(C(=O)NC(C)C)c1. The van der Waals surface area contributed by atoms with Gasteiger partial charge in [0, 0.05) is 28.4 Å². The summed E-state index contributed by atoms with van der Waals surface area (Å²) in [5.74, 6) is 0.784. The van der Waals surface area contributed by atoms with Crippen molar-refractivity contribution in [2.45, 2.75) is 46.6 Å². The van der Waals surface area contributed by atoms with Crippen LogP contribution in [0.25, 0.3) is 17.2 Å². The third-order valence-electron chi connectivity index (χ3n) is 5.10. The van der Waals surface area contributed by atoms with Gasteiger partial charge in [0.2, 0.25) is 0 Å². The molecule has 0 fully saturated rings. The van der Waals surface area contributed by atoms with E-state index in [0.717, 1.165) is 52.3 Å². The van der Waals surface area contributed by atoms with Gasteiger partial charge in [-0.2, -0.15) is 5.10 Å². The second kappa shape index (κ2) is 10.1. The van der Waals surface area contributed by atoms with E-state index >= 15 is 0 Å². The van der Waals surface area contributed by atoms with Crippen molar-refractivity contribution in [1.82, 2.24) is 15.5 Å². The topological polar surface area (TPSA) is 67.0 Å². The number of benzene rings is 1. The molecule has 1 heterocycles. The zero-order chi connectivity index (χ0) is 22.4. The fraction of sp³-hybridized carbons (Fsp3) is 0.308. The highest BCUT2D eigenvalue weighted by Gasteiger charge is 2.19. The zero-order valence-corrected chi connectivity index (χ0v) is 19.0. The molecule has 0 saturated carbocycles. The Morgan fingerprint density at radius 2 is 1.97 bits per heavy atom. The van der Waals surface area contributed by atoms with Gasteiger partial charge in [0.15, 0.2) is 0 Å². The zero-order valence-electron chi connectivity index (χ0n) is 19.0. The van der Waals surface area contributed by atoms with Gasteiger partial charge in [0.05, 0.1) is 7.11 Å². The molecule has 0 spiro atoms. The number of methoxy groups -OCH3 is 1. The largest absolute Gasteiger partial charge is 0.496 e. The van der Waals surface area contributed by atoms with Crippen LogP contribution < -0.4 is 5.32 Å². The highest BCUT2D eigenvalue weighted by molar-refractivity contribution is 5.97. The predicted molar refractivity (Wildman–Crippen MR) is 127 cm³/mol. The van der Waals surface area contributed by atoms with Gasteiger partial charge in [0.1, 0.15) is 11.5 Å². The number of nitrogens with zero attached hydrogens (tertiary/aromatic N) is 1. The van der Waals surface area contributed by atoms with Crippen LogP contribution >= 0.6 is 0 Å². The number of carbonyl (C=O) groups excluding carboxylic acids is 1. The van der Waals surface area contributed by atoms with Crippen LogP contribution in [0.3, 0.4) is 0 Å². The molecule has 1 aromatic heterocycles. The van der Waals surface area contributed by atoms with E-state index in [2.05, 4.69) is 39.8 Å². The van der Waals surface area contributed by atoms with Crippen molar-refractivity contribution in [3.05, 3.63) is 82.4 Å². The van der Waals surface area contributed by atoms with Gasteiger partial charge < -0.3 is 10.1 Å². The van der Waals surface area contributed by atoms with Crippen molar-refractivity contribution in [1.29, 1.82) is 0 Å². The molecule has 2 aromatic rings. The van der Waals surface area contributed by atoms with Crippen molar-refractivity contribution < 1.29 is 9.53 Å². The van der Waals surface area contributed by atoms with Gasteiger partial charge in [-0.15, -0.1) is 0 Å². The first-order valence-corrected chi connectivity index (χ1v) is 10.7. The molecule has 0 atom stereocenters. The Morgan fingerprint density at radius 3 is 2.68 bits per heavy atom. The minimum atomic E-state index is -0.0703. The number of hydrogen-bond acceptors (Lipinski definition) is 3. The highest BCUT2D eigenvalue weighted by atomic mass is 16.5. The first-order valence-electron chi connectivity index (χ1n) is 10.7. The molecule has 0 saturated heterocycles. The van der Waals surface area contributed by atoms with Gasteiger partial charge in [0.25, 0.3) is 5.91 Å². The molecular formula is C26H31N3O2. The molecule has 31 heavy (non-hydrogen) atoms. The molecule has 0 unspecified atom stereocenters. The van der Waals surface area contributed by atoms with Gasteiger partial charge in [-0.1, -0.05) is 30.4 Å². The summed E-state index contributed by atoms with van der Waals surface area (Å²) in [5, 5.41) is 10.7. The molecule has 2 N–H and O–H groups in total. The lowest BCUT2D eigenvalue weighted by Gasteiger charge is -2.14. The number of carbonyl (C=O) groups is 1. The molecule has 0 radical (unpaired) electrons. The number of allylic oxidation sites excluding steroid dienone is 6. The summed E-state index contributed by atoms with van der Waals surface area (Å²) in [7, 11) is 1.69. The monoisotopic (exact) mass is 417 g/mol. The molecule has 3 rings (SSSR count). The quantitative estimate of drug-likeness (QED) is 0.570. The molecule has 1 amide bonds. The van der Waals surface area contributed by atoms with E-state index < -0.39 is 0 Å². The van der Waals surface area contributed by atoms with Crippen LogP contribution in [0.15, 0.2) is 54.3 Å². The third kappa shape index (κ3) is 5.23. The number of hydrogen-bond donors (Lipinski definition) is 2. The van der Waals surface area contributed by atoms with Crippen molar-refractivity contribution in [2.24, 2.45) is 0 Å². The second-order valence-corrected chi connectivity index (χ2v) is 7.89. The predicted octanol–water partition coefficient (Wildman–Crippen LogP) is 5.68. The average Bonchev–Trinajstić information content (AvgIpc) is 3.13. The summed E-state index contributed by atoms with van der Waals surface area (Å²) in [4.78, 5) is 12.5. The van der Waals surface area contributed by atoms with E-state index in [0.29, 0.717) is 5.56 Å². The second-order valence-electron chi connectivity index (χ2n) is 7.89. The van der Waals surface area contributed by atoms with E-state index in [1.165, 1.54) is 0 Å². The van der Waals surface area contributed by atoms with Crippen LogP contribution in [-0.2, 0) is 4.74 Å². The summed E-state index contributed by atoms with van der Waals surface area (Å²) in [6.07, 6.45) is 12.4. The molecule has 5 nitrogen and oxygen atoms in total. The maximum Gasteiger partial charge on any atom is 0.251 e. The third-order valence-corrected chi connectivity index (χ3v) is 5.10. The van der Waals surface area contributed by atoms with Crippen molar-refractivity contribution in [2.75, 3.05) is 7.11 Å². The first kappa shape index (κ1) is 22.3. The van der Waals surface area contributed by atoms with Crippen molar-refractivity contribution >= 4 is 23.1 Å². The van der Waals surface area contributed by atoms with Crippen molar-refractivity contribution in [3.8, 4) is 0 Å². The summed E-state index contributed by atoms with van der Waals surface area (Å²) >= 11 is 0. The number of ether oxygens (including phenoxy) is 1. The Morgan fingerprint density at radius 1 is 1.23 bits per heavy atom. The van der Waals surface area contributed by atoms with Gasteiger partial charge >= 0.3 is 0 Å². The highest BCUT2D eigenvalue weighted by Crippen LogP contribution is 2.33. The van der Waals surface area contributed by atoms with Gasteiger partial charge in [-0.25, -0.2) is 0 Å². The minimum absolute atomic E-state index is 0.0703. The molecule has 1 aromatic carbocycles. The number of rotatable bonds is 7. The van der Waals surface area contributed by atoms with E-state index in [9.17, 15) is 4.79 Å². The summed E-state index contributed by atoms with van der Waals surface area (Å²) in [5.41, 5.74) is 6.50. The Bertz CT molecular complexity index is 1070. The normalized spacial score (nSPS) is 14.6. The Labute approximate surface area is 184 Å². The number of aromatic nitrogens is 2. The molecule has 1 aliphatic rings. The summed E-state index contributed by atoms with van der Waals surface area (Å²) in [6.45, 7) is 7.92. The van der Waals surface area contributed by atoms with Crippen LogP contribution in [0.4, 0.5) is 0 Å². The summed E-state index contributed by atoms with van der Waals surface area (Å²) in [6, 6.07) is 7.79. The van der Waals surface area contributed by atoms with Crippen LogP contribution in [0.1, 0.15) is 66.5 Å². The molecule has 5 heteroatoms. The lowest BCUT2D eigenvalue weighted by molar-refractivity contribution is 0.0943. The first-order chi connectivity index (χ1) is 14.9. The Kier molecular flexibility index (Phi) is 7.29. The van der Waals surface area contributed by atoms with E-state index in [1.54, 1.807) is 7.11 Å². The Balaban J connectivity index is 2.06. The summed E-state index contributed by atoms with van der Waals surface area (Å²) < 4.78 is 5.59. The number of aromatic amines is 1. The molecule has 0 aliphatic heterocycles. The van der Waals surface area contributed by atoms with E-state index in [4.69, 9.17) is 4.74 Å². The molecular weight excluding hydrogens is 386 g/mol. The molecule has 162 valence electrons. The molecule has 0 bridgehead atoms. The standard InChI is InChI=1S/C26H31N3O2/c1-6-10-19(20-11-9-12-21(15-20)26(30)27-17(2)3)16-23-18(4)28-29-25(23)22-13-7-8-14-24(22)31-5/h6,9-17H,7-8H2,1-5H3,(H,27,30)(H,28,29)/b10-6?,19-16+. The maximum atomic E-state index is 12.5. The van der Waals surface area contributed by atoms with Crippen molar-refractivity contribution in [3.63, 3.8) is 0 Å². The van der Waals surface area contributed by atoms with E-state index in [1.807, 2.05) is 58.0 Å². The van der Waals surface area contributed by atoms with Crippen LogP contribution in [0, 0.1) is 6.92 Å². The smallest absolute Gasteiger partial charge is 0.251 e. The number of aryl methyl sites for hydroxylation is 1. The number of H-pyrrole nitrogens is 1. The number of amides is 1. The molecule has 1 aliphatic carbocycles. The fourth-order valence-electron chi connectivity index (χ4n) is 3.63. The minimum Gasteiger partial charge on any atom is -0.496 e. The number of nitrogens with one attached hydrogen (secondary N) is 2.